The number of carbonyl (C=O) groups excluding carboxylic acids is 1. The highest BCUT2D eigenvalue weighted by atomic mass is 79.9. The van der Waals surface area contributed by atoms with Crippen LogP contribution in [0.3, 0.4) is 0 Å². The van der Waals surface area contributed by atoms with Gasteiger partial charge in [0.15, 0.2) is 0 Å². The van der Waals surface area contributed by atoms with Gasteiger partial charge in [-0.2, -0.15) is 0 Å². The van der Waals surface area contributed by atoms with Crippen LogP contribution in [0.4, 0.5) is 0 Å². The second-order valence-corrected chi connectivity index (χ2v) is 6.90. The van der Waals surface area contributed by atoms with Gasteiger partial charge in [0.05, 0.1) is 0 Å². The first kappa shape index (κ1) is 14.3. The second kappa shape index (κ2) is 5.49. The maximum Gasteiger partial charge on any atom is 0.254 e. The molecule has 0 radical (unpaired) electrons. The molecule has 0 aliphatic carbocycles. The summed E-state index contributed by atoms with van der Waals surface area (Å²) >= 11 is 3.39. The molecule has 0 aromatic heterocycles. The predicted molar refractivity (Wildman–Crippen MR) is 82.2 cm³/mol. The van der Waals surface area contributed by atoms with Crippen LogP contribution in [0.2, 0.25) is 0 Å². The lowest BCUT2D eigenvalue weighted by Gasteiger charge is -2.32. The van der Waals surface area contributed by atoms with E-state index in [9.17, 15) is 4.79 Å². The second-order valence-electron chi connectivity index (χ2n) is 5.99. The Morgan fingerprint density at radius 3 is 2.32 bits per heavy atom. The monoisotopic (exact) mass is 321 g/mol. The van der Waals surface area contributed by atoms with Crippen molar-refractivity contribution < 1.29 is 4.79 Å². The summed E-state index contributed by atoms with van der Waals surface area (Å²) in [5, 5.41) is 0. The Morgan fingerprint density at radius 2 is 1.84 bits per heavy atom. The molecule has 0 unspecified atom stereocenters. The molecule has 0 atom stereocenters. The molecule has 3 heteroatoms. The Hall–Kier alpha value is -1.09. The lowest BCUT2D eigenvalue weighted by molar-refractivity contribution is 0.0765. The summed E-state index contributed by atoms with van der Waals surface area (Å²) in [6, 6.07) is 7.56. The van der Waals surface area contributed by atoms with Crippen molar-refractivity contribution in [1.82, 2.24) is 4.90 Å². The van der Waals surface area contributed by atoms with Crippen molar-refractivity contribution in [3.05, 3.63) is 46.0 Å². The summed E-state index contributed by atoms with van der Waals surface area (Å²) in [4.78, 5) is 14.3. The normalized spacial score (nSPS) is 16.2. The molecule has 1 aromatic rings. The molecular formula is C16H20BrNO. The Kier molecular flexibility index (Phi) is 4.14. The summed E-state index contributed by atoms with van der Waals surface area (Å²) in [6.45, 7) is 8.22. The highest BCUT2D eigenvalue weighted by molar-refractivity contribution is 9.10. The van der Waals surface area contributed by atoms with E-state index in [4.69, 9.17) is 0 Å². The van der Waals surface area contributed by atoms with Gasteiger partial charge in [-0.05, 0) is 36.1 Å². The molecule has 0 bridgehead atoms. The van der Waals surface area contributed by atoms with Crippen molar-refractivity contribution in [2.75, 3.05) is 13.1 Å². The first-order valence-electron chi connectivity index (χ1n) is 6.62. The third kappa shape index (κ3) is 3.47. The largest absolute Gasteiger partial charge is 0.335 e. The molecule has 0 saturated carbocycles. The van der Waals surface area contributed by atoms with E-state index in [0.29, 0.717) is 0 Å². The summed E-state index contributed by atoms with van der Waals surface area (Å²) in [7, 11) is 0. The van der Waals surface area contributed by atoms with E-state index in [1.807, 2.05) is 29.2 Å². The minimum Gasteiger partial charge on any atom is -0.335 e. The topological polar surface area (TPSA) is 20.3 Å². The molecule has 0 saturated heterocycles. The van der Waals surface area contributed by atoms with Gasteiger partial charge >= 0.3 is 0 Å². The van der Waals surface area contributed by atoms with Gasteiger partial charge < -0.3 is 4.90 Å². The predicted octanol–water partition coefficient (Wildman–Crippen LogP) is 4.27. The molecule has 1 aromatic carbocycles. The fourth-order valence-corrected chi connectivity index (χ4v) is 2.57. The average Bonchev–Trinajstić information content (AvgIpc) is 2.38. The van der Waals surface area contributed by atoms with E-state index in [2.05, 4.69) is 42.8 Å². The van der Waals surface area contributed by atoms with Gasteiger partial charge in [0.25, 0.3) is 5.91 Å². The zero-order valence-electron chi connectivity index (χ0n) is 11.7. The average molecular weight is 322 g/mol. The number of carbonyl (C=O) groups is 1. The van der Waals surface area contributed by atoms with E-state index >= 15 is 0 Å². The third-order valence-corrected chi connectivity index (χ3v) is 4.08. The molecule has 0 spiro atoms. The zero-order chi connectivity index (χ0) is 14.0. The van der Waals surface area contributed by atoms with Crippen LogP contribution in [0, 0.1) is 5.41 Å². The molecule has 1 heterocycles. The number of hydrogen-bond donors (Lipinski definition) is 0. The minimum atomic E-state index is 0.122. The summed E-state index contributed by atoms with van der Waals surface area (Å²) < 4.78 is 0.998. The lowest BCUT2D eigenvalue weighted by Crippen LogP contribution is -2.36. The quantitative estimate of drug-likeness (QED) is 0.707. The minimum absolute atomic E-state index is 0.122. The SMILES string of the molecule is CC(C)(C)C1=CCN(C(=O)c2ccc(Br)cc2)CC1. The molecular weight excluding hydrogens is 302 g/mol. The first-order valence-corrected chi connectivity index (χ1v) is 7.41. The van der Waals surface area contributed by atoms with E-state index in [0.717, 1.165) is 29.5 Å². The summed E-state index contributed by atoms with van der Waals surface area (Å²) in [5.41, 5.74) is 2.43. The van der Waals surface area contributed by atoms with Crippen LogP contribution in [0.1, 0.15) is 37.6 Å². The van der Waals surface area contributed by atoms with Gasteiger partial charge in [-0.3, -0.25) is 4.79 Å². The standard InChI is InChI=1S/C16H20BrNO/c1-16(2,3)13-8-10-18(11-9-13)15(19)12-4-6-14(17)7-5-12/h4-8H,9-11H2,1-3H3. The molecule has 2 rings (SSSR count). The van der Waals surface area contributed by atoms with Crippen molar-refractivity contribution >= 4 is 21.8 Å². The summed E-state index contributed by atoms with van der Waals surface area (Å²) in [6.07, 6.45) is 3.19. The van der Waals surface area contributed by atoms with Crippen molar-refractivity contribution in [1.29, 1.82) is 0 Å². The van der Waals surface area contributed by atoms with Crippen molar-refractivity contribution in [2.24, 2.45) is 5.41 Å². The van der Waals surface area contributed by atoms with Crippen molar-refractivity contribution in [2.45, 2.75) is 27.2 Å². The van der Waals surface area contributed by atoms with Crippen LogP contribution in [0.15, 0.2) is 40.4 Å². The van der Waals surface area contributed by atoms with Crippen molar-refractivity contribution in [3.63, 3.8) is 0 Å². The number of nitrogens with zero attached hydrogens (tertiary/aromatic N) is 1. The maximum atomic E-state index is 12.3. The number of hydrogen-bond acceptors (Lipinski definition) is 1. The van der Waals surface area contributed by atoms with Crippen LogP contribution >= 0.6 is 15.9 Å². The maximum absolute atomic E-state index is 12.3. The van der Waals surface area contributed by atoms with Gasteiger partial charge in [-0.15, -0.1) is 0 Å². The molecule has 102 valence electrons. The molecule has 0 N–H and O–H groups in total. The molecule has 0 fully saturated rings. The van der Waals surface area contributed by atoms with Crippen LogP contribution in [0.5, 0.6) is 0 Å². The zero-order valence-corrected chi connectivity index (χ0v) is 13.3. The van der Waals surface area contributed by atoms with Crippen molar-refractivity contribution in [3.8, 4) is 0 Å². The smallest absolute Gasteiger partial charge is 0.254 e. The van der Waals surface area contributed by atoms with E-state index < -0.39 is 0 Å². The molecule has 2 nitrogen and oxygen atoms in total. The van der Waals surface area contributed by atoms with Gasteiger partial charge in [-0.1, -0.05) is 48.4 Å². The van der Waals surface area contributed by atoms with Crippen LogP contribution in [-0.4, -0.2) is 23.9 Å². The van der Waals surface area contributed by atoms with E-state index in [-0.39, 0.29) is 11.3 Å². The first-order chi connectivity index (χ1) is 8.88. The van der Waals surface area contributed by atoms with Gasteiger partial charge in [0.2, 0.25) is 0 Å². The van der Waals surface area contributed by atoms with Gasteiger partial charge in [-0.25, -0.2) is 0 Å². The number of halogens is 1. The highest BCUT2D eigenvalue weighted by Crippen LogP contribution is 2.30. The molecule has 1 aliphatic heterocycles. The van der Waals surface area contributed by atoms with Crippen LogP contribution < -0.4 is 0 Å². The van der Waals surface area contributed by atoms with Crippen LogP contribution in [-0.2, 0) is 0 Å². The summed E-state index contributed by atoms with van der Waals surface area (Å²) in [5.74, 6) is 0.122. The lowest BCUT2D eigenvalue weighted by atomic mass is 9.83. The highest BCUT2D eigenvalue weighted by Gasteiger charge is 2.24. The van der Waals surface area contributed by atoms with Gasteiger partial charge in [0.1, 0.15) is 0 Å². The number of rotatable bonds is 1. The number of benzene rings is 1. The number of amides is 1. The molecule has 19 heavy (non-hydrogen) atoms. The fourth-order valence-electron chi connectivity index (χ4n) is 2.31. The Morgan fingerprint density at radius 1 is 1.21 bits per heavy atom. The Balaban J connectivity index is 2.07. The Bertz CT molecular complexity index is 496. The third-order valence-electron chi connectivity index (χ3n) is 3.55. The fraction of sp³-hybridized carbons (Fsp3) is 0.438. The molecule has 1 amide bonds. The van der Waals surface area contributed by atoms with Crippen LogP contribution in [0.25, 0.3) is 0 Å². The molecule has 1 aliphatic rings. The van der Waals surface area contributed by atoms with E-state index in [1.165, 1.54) is 5.57 Å². The Labute approximate surface area is 123 Å². The van der Waals surface area contributed by atoms with E-state index in [1.54, 1.807) is 0 Å². The van der Waals surface area contributed by atoms with Gasteiger partial charge in [0, 0.05) is 23.1 Å².